The molecule has 0 saturated carbocycles. The van der Waals surface area contributed by atoms with Gasteiger partial charge in [0.1, 0.15) is 11.7 Å². The minimum atomic E-state index is -1.05. The average molecular weight is 313 g/mol. The number of hydrogen-bond acceptors (Lipinski definition) is 3. The first kappa shape index (κ1) is 17.4. The van der Waals surface area contributed by atoms with Gasteiger partial charge in [-0.1, -0.05) is 24.9 Å². The van der Waals surface area contributed by atoms with Crippen LogP contribution in [-0.2, 0) is 11.2 Å². The Morgan fingerprint density at radius 2 is 1.95 bits per heavy atom. The molecule has 116 valence electrons. The van der Waals surface area contributed by atoms with E-state index in [1.165, 1.54) is 11.0 Å². The molecule has 0 saturated heterocycles. The molecule has 1 heterocycles. The van der Waals surface area contributed by atoms with Crippen LogP contribution in [0.25, 0.3) is 0 Å². The minimum Gasteiger partial charge on any atom is -0.480 e. The number of aromatic nitrogens is 1. The molecule has 0 bridgehead atoms. The zero-order valence-corrected chi connectivity index (χ0v) is 13.6. The number of hydrogen-bond donors (Lipinski definition) is 1. The quantitative estimate of drug-likeness (QED) is 0.848. The highest BCUT2D eigenvalue weighted by atomic mass is 35.5. The van der Waals surface area contributed by atoms with E-state index in [0.717, 1.165) is 18.5 Å². The molecule has 0 aliphatic heterocycles. The molecule has 1 rings (SSSR count). The SMILES string of the molecule is CCCc1cc(C(=O)N(CC(=O)O)C(C)(C)C)cc(Cl)n1. The second kappa shape index (κ2) is 6.89. The van der Waals surface area contributed by atoms with E-state index in [-0.39, 0.29) is 17.6 Å². The Morgan fingerprint density at radius 1 is 1.33 bits per heavy atom. The number of carbonyl (C=O) groups excluding carboxylic acids is 1. The van der Waals surface area contributed by atoms with E-state index in [0.29, 0.717) is 5.56 Å². The first-order valence-electron chi connectivity index (χ1n) is 6.85. The largest absolute Gasteiger partial charge is 0.480 e. The fraction of sp³-hybridized carbons (Fsp3) is 0.533. The number of aliphatic carboxylic acids is 1. The molecule has 6 heteroatoms. The van der Waals surface area contributed by atoms with Crippen LogP contribution in [0.15, 0.2) is 12.1 Å². The average Bonchev–Trinajstić information content (AvgIpc) is 2.33. The molecule has 1 aromatic rings. The summed E-state index contributed by atoms with van der Waals surface area (Å²) in [5.41, 5.74) is 0.503. The summed E-state index contributed by atoms with van der Waals surface area (Å²) in [7, 11) is 0. The zero-order chi connectivity index (χ0) is 16.2. The molecular formula is C15H21ClN2O3. The van der Waals surface area contributed by atoms with Crippen LogP contribution >= 0.6 is 11.6 Å². The van der Waals surface area contributed by atoms with Crippen molar-refractivity contribution in [2.24, 2.45) is 0 Å². The van der Waals surface area contributed by atoms with Crippen LogP contribution in [0.3, 0.4) is 0 Å². The van der Waals surface area contributed by atoms with Crippen LogP contribution in [-0.4, -0.2) is 39.0 Å². The zero-order valence-electron chi connectivity index (χ0n) is 12.8. The van der Waals surface area contributed by atoms with Crippen molar-refractivity contribution in [3.8, 4) is 0 Å². The normalized spacial score (nSPS) is 11.3. The van der Waals surface area contributed by atoms with Crippen molar-refractivity contribution in [1.29, 1.82) is 0 Å². The number of aryl methyl sites for hydroxylation is 1. The molecule has 0 aliphatic rings. The lowest BCUT2D eigenvalue weighted by Crippen LogP contribution is -2.48. The summed E-state index contributed by atoms with van der Waals surface area (Å²) < 4.78 is 0. The van der Waals surface area contributed by atoms with Crippen molar-refractivity contribution < 1.29 is 14.7 Å². The lowest BCUT2D eigenvalue weighted by Gasteiger charge is -2.34. The van der Waals surface area contributed by atoms with Gasteiger partial charge in [0.25, 0.3) is 5.91 Å². The Morgan fingerprint density at radius 3 is 2.43 bits per heavy atom. The molecule has 21 heavy (non-hydrogen) atoms. The third kappa shape index (κ3) is 5.01. The highest BCUT2D eigenvalue weighted by molar-refractivity contribution is 6.29. The Hall–Kier alpha value is -1.62. The Balaban J connectivity index is 3.17. The van der Waals surface area contributed by atoms with Gasteiger partial charge in [-0.05, 0) is 39.3 Å². The highest BCUT2D eigenvalue weighted by Crippen LogP contribution is 2.20. The number of carboxylic acids is 1. The van der Waals surface area contributed by atoms with Crippen molar-refractivity contribution in [3.05, 3.63) is 28.5 Å². The fourth-order valence-corrected chi connectivity index (χ4v) is 2.19. The molecule has 1 aromatic heterocycles. The summed E-state index contributed by atoms with van der Waals surface area (Å²) in [5.74, 6) is -1.40. The molecule has 1 amide bonds. The summed E-state index contributed by atoms with van der Waals surface area (Å²) in [4.78, 5) is 29.1. The lowest BCUT2D eigenvalue weighted by atomic mass is 10.0. The third-order valence-electron chi connectivity index (χ3n) is 2.95. The van der Waals surface area contributed by atoms with Crippen molar-refractivity contribution in [2.75, 3.05) is 6.54 Å². The predicted octanol–water partition coefficient (Wildman–Crippen LogP) is 3.01. The summed E-state index contributed by atoms with van der Waals surface area (Å²) in [6, 6.07) is 3.15. The van der Waals surface area contributed by atoms with Gasteiger partial charge < -0.3 is 10.0 Å². The topological polar surface area (TPSA) is 70.5 Å². The first-order chi connectivity index (χ1) is 9.65. The molecule has 0 spiro atoms. The van der Waals surface area contributed by atoms with Crippen LogP contribution in [0.5, 0.6) is 0 Å². The van der Waals surface area contributed by atoms with E-state index in [1.54, 1.807) is 26.8 Å². The lowest BCUT2D eigenvalue weighted by molar-refractivity contribution is -0.138. The predicted molar refractivity (Wildman–Crippen MR) is 81.7 cm³/mol. The van der Waals surface area contributed by atoms with Crippen molar-refractivity contribution in [1.82, 2.24) is 9.88 Å². The van der Waals surface area contributed by atoms with Gasteiger partial charge in [0.15, 0.2) is 0 Å². The van der Waals surface area contributed by atoms with Crippen LogP contribution < -0.4 is 0 Å². The number of pyridine rings is 1. The molecule has 0 aliphatic carbocycles. The van der Waals surface area contributed by atoms with Gasteiger partial charge in [0, 0.05) is 16.8 Å². The number of carboxylic acid groups (broad SMARTS) is 1. The van der Waals surface area contributed by atoms with Gasteiger partial charge in [0.2, 0.25) is 0 Å². The van der Waals surface area contributed by atoms with Crippen LogP contribution in [0.1, 0.15) is 50.2 Å². The van der Waals surface area contributed by atoms with E-state index in [1.807, 2.05) is 6.92 Å². The molecule has 0 unspecified atom stereocenters. The second-order valence-corrected chi connectivity index (χ2v) is 6.26. The van der Waals surface area contributed by atoms with Crippen molar-refractivity contribution in [3.63, 3.8) is 0 Å². The monoisotopic (exact) mass is 312 g/mol. The summed E-state index contributed by atoms with van der Waals surface area (Å²) in [6.45, 7) is 7.04. The van der Waals surface area contributed by atoms with Gasteiger partial charge in [0.05, 0.1) is 0 Å². The van der Waals surface area contributed by atoms with E-state index in [2.05, 4.69) is 4.98 Å². The molecular weight excluding hydrogens is 292 g/mol. The minimum absolute atomic E-state index is 0.244. The van der Waals surface area contributed by atoms with Crippen LogP contribution in [0.2, 0.25) is 5.15 Å². The van der Waals surface area contributed by atoms with Crippen LogP contribution in [0.4, 0.5) is 0 Å². The Labute approximate surface area is 129 Å². The van der Waals surface area contributed by atoms with Gasteiger partial charge in [-0.25, -0.2) is 4.98 Å². The maximum absolute atomic E-state index is 12.6. The summed E-state index contributed by atoms with van der Waals surface area (Å²) in [6.07, 6.45) is 1.61. The van der Waals surface area contributed by atoms with Crippen molar-refractivity contribution in [2.45, 2.75) is 46.1 Å². The molecule has 0 radical (unpaired) electrons. The molecule has 0 fully saturated rings. The summed E-state index contributed by atoms with van der Waals surface area (Å²) in [5, 5.41) is 9.25. The van der Waals surface area contributed by atoms with Crippen molar-refractivity contribution >= 4 is 23.5 Å². The van der Waals surface area contributed by atoms with E-state index in [9.17, 15) is 9.59 Å². The van der Waals surface area contributed by atoms with Gasteiger partial charge >= 0.3 is 5.97 Å². The Bertz CT molecular complexity index is 538. The van der Waals surface area contributed by atoms with Gasteiger partial charge in [-0.2, -0.15) is 0 Å². The molecule has 5 nitrogen and oxygen atoms in total. The molecule has 0 aromatic carbocycles. The summed E-state index contributed by atoms with van der Waals surface area (Å²) >= 11 is 5.96. The van der Waals surface area contributed by atoms with Gasteiger partial charge in [-0.15, -0.1) is 0 Å². The number of halogens is 1. The number of rotatable bonds is 5. The maximum atomic E-state index is 12.6. The number of nitrogens with zero attached hydrogens (tertiary/aromatic N) is 2. The number of carbonyl (C=O) groups is 2. The maximum Gasteiger partial charge on any atom is 0.323 e. The first-order valence-corrected chi connectivity index (χ1v) is 7.23. The third-order valence-corrected chi connectivity index (χ3v) is 3.14. The van der Waals surface area contributed by atoms with Crippen LogP contribution in [0, 0.1) is 0 Å². The highest BCUT2D eigenvalue weighted by Gasteiger charge is 2.29. The van der Waals surface area contributed by atoms with E-state index >= 15 is 0 Å². The molecule has 1 N–H and O–H groups in total. The van der Waals surface area contributed by atoms with E-state index < -0.39 is 11.5 Å². The fourth-order valence-electron chi connectivity index (χ4n) is 1.96. The van der Waals surface area contributed by atoms with Gasteiger partial charge in [-0.3, -0.25) is 9.59 Å². The smallest absolute Gasteiger partial charge is 0.323 e. The number of amides is 1. The van der Waals surface area contributed by atoms with E-state index in [4.69, 9.17) is 16.7 Å². The molecule has 0 atom stereocenters. The standard InChI is InChI=1S/C15H21ClN2O3/c1-5-6-11-7-10(8-12(16)17-11)14(21)18(9-13(19)20)15(2,3)4/h7-8H,5-6,9H2,1-4H3,(H,19,20). The second-order valence-electron chi connectivity index (χ2n) is 5.88. The Kier molecular flexibility index (Phi) is 5.72.